The summed E-state index contributed by atoms with van der Waals surface area (Å²) < 4.78 is 7.71. The van der Waals surface area contributed by atoms with Gasteiger partial charge < -0.3 is 14.7 Å². The first kappa shape index (κ1) is 19.7. The number of aliphatic hydroxyl groups excluding tert-OH is 1. The summed E-state index contributed by atoms with van der Waals surface area (Å²) >= 11 is 3.96. The summed E-state index contributed by atoms with van der Waals surface area (Å²) in [5.74, 6) is 2.08. The Labute approximate surface area is 171 Å². The average molecular weight is 441 g/mol. The molecule has 1 spiro atoms. The number of nitrogens with zero attached hydrogens (tertiary/aromatic N) is 2. The van der Waals surface area contributed by atoms with Crippen LogP contribution in [0, 0.1) is 17.3 Å². The fraction of sp³-hybridized carbons (Fsp3) is 0.810. The van der Waals surface area contributed by atoms with Crippen LogP contribution in [-0.4, -0.2) is 61.6 Å². The lowest BCUT2D eigenvalue weighted by molar-refractivity contribution is -0.0968. The summed E-state index contributed by atoms with van der Waals surface area (Å²) in [5, 5.41) is 12.4. The van der Waals surface area contributed by atoms with Crippen LogP contribution >= 0.6 is 15.9 Å². The molecule has 1 fully saturated rings. The molecule has 2 heterocycles. The molecule has 6 heteroatoms. The fourth-order valence-electron chi connectivity index (χ4n) is 5.87. The van der Waals surface area contributed by atoms with Crippen molar-refractivity contribution in [2.75, 3.05) is 34.3 Å². The molecular formula is C21H33BrN2O3. The van der Waals surface area contributed by atoms with Gasteiger partial charge in [0.15, 0.2) is 0 Å². The maximum absolute atomic E-state index is 10.4. The van der Waals surface area contributed by atoms with Crippen molar-refractivity contribution in [3.05, 3.63) is 22.0 Å². The summed E-state index contributed by atoms with van der Waals surface area (Å²) in [6.45, 7) is 1.94. The highest BCUT2D eigenvalue weighted by molar-refractivity contribution is 9.11. The number of hydrogen-bond donors (Lipinski definition) is 1. The van der Waals surface area contributed by atoms with E-state index < -0.39 is 0 Å². The molecule has 4 rings (SSSR count). The Morgan fingerprint density at radius 1 is 1.41 bits per heavy atom. The summed E-state index contributed by atoms with van der Waals surface area (Å²) in [5.41, 5.74) is 1.40. The van der Waals surface area contributed by atoms with Crippen molar-refractivity contribution in [1.29, 1.82) is 0 Å². The molecule has 0 aromatic carbocycles. The minimum absolute atomic E-state index is 0.0611. The molecule has 0 radical (unpaired) electrons. The van der Waals surface area contributed by atoms with Gasteiger partial charge in [-0.05, 0) is 70.7 Å². The van der Waals surface area contributed by atoms with Crippen molar-refractivity contribution >= 4 is 15.9 Å². The number of rotatable bonds is 5. The van der Waals surface area contributed by atoms with Gasteiger partial charge in [-0.1, -0.05) is 15.9 Å². The first-order chi connectivity index (χ1) is 12.9. The van der Waals surface area contributed by atoms with Crippen LogP contribution in [0.15, 0.2) is 22.0 Å². The second-order valence-corrected chi connectivity index (χ2v) is 9.91. The van der Waals surface area contributed by atoms with Crippen LogP contribution in [0.1, 0.15) is 44.9 Å². The molecule has 0 aromatic rings. The minimum Gasteiger partial charge on any atom is -0.493 e. The lowest BCUT2D eigenvalue weighted by Gasteiger charge is -2.44. The monoisotopic (exact) mass is 440 g/mol. The molecular weight excluding hydrogens is 408 g/mol. The first-order valence-corrected chi connectivity index (χ1v) is 11.1. The minimum atomic E-state index is -0.308. The third-order valence-corrected chi connectivity index (χ3v) is 7.90. The van der Waals surface area contributed by atoms with E-state index in [0.717, 1.165) is 44.0 Å². The highest BCUT2D eigenvalue weighted by Crippen LogP contribution is 2.63. The van der Waals surface area contributed by atoms with E-state index in [1.54, 1.807) is 7.11 Å². The van der Waals surface area contributed by atoms with Crippen LogP contribution in [0.3, 0.4) is 0 Å². The van der Waals surface area contributed by atoms with Gasteiger partial charge in [0, 0.05) is 23.0 Å². The van der Waals surface area contributed by atoms with E-state index >= 15 is 0 Å². The topological polar surface area (TPSA) is 45.2 Å². The summed E-state index contributed by atoms with van der Waals surface area (Å²) in [7, 11) is 6.03. The molecule has 5 atom stereocenters. The molecule has 1 N–H and O–H groups in total. The second kappa shape index (κ2) is 7.69. The molecule has 1 saturated carbocycles. The van der Waals surface area contributed by atoms with Crippen LogP contribution in [0.4, 0.5) is 0 Å². The standard InChI is InChI=1S/C21H33BrN2O3/c1-23(2)8-4-5-14-6-7-19-21(11-14)18(22)13-24(26-3)12-15-9-16(25)10-17(27-19)20(15)21/h13-16,19,25H,4-12H2,1-3H3/t14?,15?,16-,19?,21?/m1/s1. The van der Waals surface area contributed by atoms with E-state index in [1.807, 2.05) is 5.06 Å². The van der Waals surface area contributed by atoms with Gasteiger partial charge in [0.25, 0.3) is 0 Å². The number of aliphatic hydroxyl groups is 1. The molecule has 0 amide bonds. The third-order valence-electron chi connectivity index (χ3n) is 6.98. The highest BCUT2D eigenvalue weighted by atomic mass is 79.9. The highest BCUT2D eigenvalue weighted by Gasteiger charge is 2.59. The summed E-state index contributed by atoms with van der Waals surface area (Å²) in [4.78, 5) is 7.88. The van der Waals surface area contributed by atoms with E-state index in [0.29, 0.717) is 12.3 Å². The average Bonchev–Trinajstić information content (AvgIpc) is 2.89. The summed E-state index contributed by atoms with van der Waals surface area (Å²) in [6.07, 6.45) is 9.49. The predicted molar refractivity (Wildman–Crippen MR) is 109 cm³/mol. The molecule has 4 unspecified atom stereocenters. The normalized spacial score (nSPS) is 38.3. The Bertz CT molecular complexity index is 635. The van der Waals surface area contributed by atoms with Gasteiger partial charge in [0.2, 0.25) is 0 Å². The van der Waals surface area contributed by atoms with Crippen molar-refractivity contribution in [3.63, 3.8) is 0 Å². The van der Waals surface area contributed by atoms with Crippen molar-refractivity contribution in [1.82, 2.24) is 9.96 Å². The van der Waals surface area contributed by atoms with Gasteiger partial charge in [0.1, 0.15) is 6.10 Å². The van der Waals surface area contributed by atoms with Gasteiger partial charge >= 0.3 is 0 Å². The Hall–Kier alpha value is -0.560. The van der Waals surface area contributed by atoms with Gasteiger partial charge in [-0.2, -0.15) is 0 Å². The zero-order valence-corrected chi connectivity index (χ0v) is 18.4. The predicted octanol–water partition coefficient (Wildman–Crippen LogP) is 3.65. The van der Waals surface area contributed by atoms with E-state index in [9.17, 15) is 5.11 Å². The van der Waals surface area contributed by atoms with Crippen LogP contribution in [0.25, 0.3) is 0 Å². The van der Waals surface area contributed by atoms with Crippen molar-refractivity contribution < 1.29 is 14.7 Å². The van der Waals surface area contributed by atoms with Gasteiger partial charge in [-0.25, -0.2) is 0 Å². The molecule has 27 heavy (non-hydrogen) atoms. The smallest absolute Gasteiger partial charge is 0.112 e. The quantitative estimate of drug-likeness (QED) is 0.706. The van der Waals surface area contributed by atoms with Gasteiger partial charge in [0.05, 0.1) is 30.9 Å². The molecule has 2 aliphatic heterocycles. The SMILES string of the molecule is CON1C=C(Br)C23CC(CCCN(C)C)CCC2OC2=C3C(C[C@@H](O)C2)C1. The Morgan fingerprint density at radius 3 is 2.96 bits per heavy atom. The lowest BCUT2D eigenvalue weighted by atomic mass is 9.60. The Kier molecular flexibility index (Phi) is 5.63. The maximum Gasteiger partial charge on any atom is 0.112 e. The summed E-state index contributed by atoms with van der Waals surface area (Å²) in [6, 6.07) is 0. The van der Waals surface area contributed by atoms with Crippen molar-refractivity contribution in [2.45, 2.75) is 57.2 Å². The Balaban J connectivity index is 1.66. The molecule has 0 saturated heterocycles. The Morgan fingerprint density at radius 2 is 2.22 bits per heavy atom. The number of hydrogen-bond acceptors (Lipinski definition) is 5. The third kappa shape index (κ3) is 3.47. The molecule has 152 valence electrons. The van der Waals surface area contributed by atoms with Gasteiger partial charge in [-0.15, -0.1) is 0 Å². The number of halogens is 1. The van der Waals surface area contributed by atoms with Crippen molar-refractivity contribution in [3.8, 4) is 0 Å². The van der Waals surface area contributed by atoms with Crippen molar-refractivity contribution in [2.24, 2.45) is 17.3 Å². The lowest BCUT2D eigenvalue weighted by Crippen LogP contribution is -2.42. The number of ether oxygens (including phenoxy) is 1. The van der Waals surface area contributed by atoms with Crippen LogP contribution < -0.4 is 0 Å². The first-order valence-electron chi connectivity index (χ1n) is 10.4. The molecule has 0 bridgehead atoms. The van der Waals surface area contributed by atoms with Crippen LogP contribution in [-0.2, 0) is 9.57 Å². The molecule has 5 nitrogen and oxygen atoms in total. The van der Waals surface area contributed by atoms with E-state index in [1.165, 1.54) is 29.3 Å². The van der Waals surface area contributed by atoms with Crippen LogP contribution in [0.2, 0.25) is 0 Å². The zero-order valence-electron chi connectivity index (χ0n) is 16.8. The zero-order chi connectivity index (χ0) is 19.2. The van der Waals surface area contributed by atoms with Crippen LogP contribution in [0.5, 0.6) is 0 Å². The molecule has 2 aliphatic carbocycles. The number of hydroxylamine groups is 2. The van der Waals surface area contributed by atoms with Gasteiger partial charge in [-0.3, -0.25) is 9.90 Å². The fourth-order valence-corrected chi connectivity index (χ4v) is 6.73. The van der Waals surface area contributed by atoms with E-state index in [4.69, 9.17) is 9.57 Å². The van der Waals surface area contributed by atoms with E-state index in [-0.39, 0.29) is 17.6 Å². The maximum atomic E-state index is 10.4. The largest absolute Gasteiger partial charge is 0.493 e. The molecule has 4 aliphatic rings. The molecule has 0 aromatic heterocycles. The van der Waals surface area contributed by atoms with E-state index in [2.05, 4.69) is 41.1 Å². The second-order valence-electron chi connectivity index (χ2n) is 9.06.